The smallest absolute Gasteiger partial charge is 0.247 e. The van der Waals surface area contributed by atoms with Gasteiger partial charge in [-0.05, 0) is 41.2 Å². The van der Waals surface area contributed by atoms with Gasteiger partial charge in [-0.25, -0.2) is 5.48 Å². The molecule has 0 radical (unpaired) electrons. The largest absolute Gasteiger partial charge is 0.348 e. The number of carbonyl (C=O) groups is 3. The maximum atomic E-state index is 13.3. The highest BCUT2D eigenvalue weighted by atomic mass is 16.5. The van der Waals surface area contributed by atoms with Gasteiger partial charge in [0, 0.05) is 18.5 Å². The quantitative estimate of drug-likeness (QED) is 0.242. The molecule has 8 heteroatoms. The van der Waals surface area contributed by atoms with Crippen molar-refractivity contribution in [1.82, 2.24) is 21.1 Å². The van der Waals surface area contributed by atoms with Crippen molar-refractivity contribution in [3.05, 3.63) is 90.3 Å². The van der Waals surface area contributed by atoms with Gasteiger partial charge in [0.05, 0.1) is 12.2 Å². The Morgan fingerprint density at radius 1 is 0.861 bits per heavy atom. The molecule has 3 rings (SSSR count). The summed E-state index contributed by atoms with van der Waals surface area (Å²) in [5.41, 5.74) is 4.90. The molecule has 1 heterocycles. The van der Waals surface area contributed by atoms with Crippen LogP contribution in [0.5, 0.6) is 0 Å². The predicted octanol–water partition coefficient (Wildman–Crippen LogP) is 3.78. The summed E-state index contributed by atoms with van der Waals surface area (Å²) in [6.07, 6.45) is 1.88. The summed E-state index contributed by atoms with van der Waals surface area (Å²) in [6.45, 7) is 4.09. The molecule has 36 heavy (non-hydrogen) atoms. The van der Waals surface area contributed by atoms with E-state index in [1.807, 2.05) is 74.5 Å². The predicted molar refractivity (Wildman–Crippen MR) is 136 cm³/mol. The second-order valence-electron chi connectivity index (χ2n) is 9.03. The summed E-state index contributed by atoms with van der Waals surface area (Å²) in [5, 5.41) is 14.6. The molecule has 3 aromatic rings. The number of rotatable bonds is 11. The van der Waals surface area contributed by atoms with Crippen LogP contribution in [-0.2, 0) is 20.9 Å². The van der Waals surface area contributed by atoms with Gasteiger partial charge in [-0.2, -0.15) is 0 Å². The lowest BCUT2D eigenvalue weighted by atomic mass is 9.92. The van der Waals surface area contributed by atoms with E-state index in [0.29, 0.717) is 17.7 Å². The maximum absolute atomic E-state index is 13.3. The van der Waals surface area contributed by atoms with Gasteiger partial charge in [0.25, 0.3) is 0 Å². The van der Waals surface area contributed by atoms with Crippen molar-refractivity contribution in [1.29, 1.82) is 0 Å². The summed E-state index contributed by atoms with van der Waals surface area (Å²) in [5.74, 6) is -2.05. The minimum absolute atomic E-state index is 0.133. The van der Waals surface area contributed by atoms with Gasteiger partial charge in [0.1, 0.15) is 6.04 Å². The fraction of sp³-hybridized carbons (Fsp3) is 0.286. The van der Waals surface area contributed by atoms with Crippen molar-refractivity contribution in [2.24, 2.45) is 11.8 Å². The molecular formula is C28H32N4O4. The van der Waals surface area contributed by atoms with Crippen molar-refractivity contribution >= 4 is 17.7 Å². The molecule has 0 unspecified atom stereocenters. The Morgan fingerprint density at radius 2 is 1.53 bits per heavy atom. The second-order valence-corrected chi connectivity index (χ2v) is 9.03. The first-order valence-corrected chi connectivity index (χ1v) is 11.9. The van der Waals surface area contributed by atoms with Crippen LogP contribution in [0.1, 0.15) is 44.0 Å². The van der Waals surface area contributed by atoms with Gasteiger partial charge in [0.2, 0.25) is 17.7 Å². The normalized spacial score (nSPS) is 12.4. The molecule has 0 fully saturated rings. The number of amides is 3. The second kappa shape index (κ2) is 13.2. The molecule has 0 aliphatic carbocycles. The number of hydrogen-bond donors (Lipinski definition) is 4. The number of carbonyl (C=O) groups excluding carboxylic acids is 3. The molecular weight excluding hydrogens is 456 g/mol. The SMILES string of the molecule is CC(C)C[C@H](CC(=O)NO)C(=O)N[C@H](C(=O)NCc1ccccn1)c1ccc(-c2ccccc2)cc1. The fourth-order valence-electron chi connectivity index (χ4n) is 3.96. The lowest BCUT2D eigenvalue weighted by molar-refractivity contribution is -0.136. The molecule has 2 aromatic carbocycles. The minimum atomic E-state index is -0.974. The molecule has 188 valence electrons. The molecule has 0 aliphatic rings. The molecule has 0 aliphatic heterocycles. The monoisotopic (exact) mass is 488 g/mol. The summed E-state index contributed by atoms with van der Waals surface area (Å²) in [4.78, 5) is 42.5. The van der Waals surface area contributed by atoms with Crippen molar-refractivity contribution in [2.45, 2.75) is 39.3 Å². The number of nitrogens with zero attached hydrogens (tertiary/aromatic N) is 1. The fourth-order valence-corrected chi connectivity index (χ4v) is 3.96. The van der Waals surface area contributed by atoms with Gasteiger partial charge >= 0.3 is 0 Å². The van der Waals surface area contributed by atoms with Crippen LogP contribution < -0.4 is 16.1 Å². The first kappa shape index (κ1) is 26.6. The highest BCUT2D eigenvalue weighted by Crippen LogP contribution is 2.24. The van der Waals surface area contributed by atoms with E-state index in [-0.39, 0.29) is 18.9 Å². The van der Waals surface area contributed by atoms with Crippen LogP contribution in [0.15, 0.2) is 79.0 Å². The van der Waals surface area contributed by atoms with Gasteiger partial charge in [0.15, 0.2) is 0 Å². The Kier molecular flexibility index (Phi) is 9.71. The highest BCUT2D eigenvalue weighted by Gasteiger charge is 2.29. The zero-order valence-corrected chi connectivity index (χ0v) is 20.5. The Hall–Kier alpha value is -4.04. The van der Waals surface area contributed by atoms with E-state index in [1.165, 1.54) is 0 Å². The van der Waals surface area contributed by atoms with E-state index in [9.17, 15) is 14.4 Å². The first-order chi connectivity index (χ1) is 17.4. The van der Waals surface area contributed by atoms with E-state index in [0.717, 1.165) is 11.1 Å². The van der Waals surface area contributed by atoms with Crippen LogP contribution in [0, 0.1) is 11.8 Å². The molecule has 1 aromatic heterocycles. The lowest BCUT2D eigenvalue weighted by Gasteiger charge is -2.23. The highest BCUT2D eigenvalue weighted by molar-refractivity contribution is 5.91. The van der Waals surface area contributed by atoms with Gasteiger partial charge in [-0.15, -0.1) is 0 Å². The number of aromatic nitrogens is 1. The van der Waals surface area contributed by atoms with E-state index in [1.54, 1.807) is 23.8 Å². The third-order valence-corrected chi connectivity index (χ3v) is 5.75. The molecule has 4 N–H and O–H groups in total. The summed E-state index contributed by atoms with van der Waals surface area (Å²) in [7, 11) is 0. The Labute approximate surface area is 211 Å². The van der Waals surface area contributed by atoms with Crippen LogP contribution in [0.3, 0.4) is 0 Å². The Morgan fingerprint density at radius 3 is 2.14 bits per heavy atom. The average Bonchev–Trinajstić information content (AvgIpc) is 2.90. The zero-order chi connectivity index (χ0) is 25.9. The molecule has 3 amide bonds. The van der Waals surface area contributed by atoms with Crippen molar-refractivity contribution < 1.29 is 19.6 Å². The number of benzene rings is 2. The van der Waals surface area contributed by atoms with Gasteiger partial charge < -0.3 is 10.6 Å². The summed E-state index contributed by atoms with van der Waals surface area (Å²) >= 11 is 0. The van der Waals surface area contributed by atoms with Crippen LogP contribution >= 0.6 is 0 Å². The van der Waals surface area contributed by atoms with Crippen molar-refractivity contribution in [3.8, 4) is 11.1 Å². The number of hydrogen-bond acceptors (Lipinski definition) is 5. The molecule has 0 bridgehead atoms. The Bertz CT molecular complexity index is 1140. The Balaban J connectivity index is 1.83. The van der Waals surface area contributed by atoms with E-state index in [2.05, 4.69) is 15.6 Å². The number of hydroxylamine groups is 1. The maximum Gasteiger partial charge on any atom is 0.247 e. The standard InChI is InChI=1S/C28H32N4O4/c1-19(2)16-23(17-25(33)32-36)27(34)31-26(28(35)30-18-24-10-6-7-15-29-24)22-13-11-21(12-14-22)20-8-4-3-5-9-20/h3-15,19,23,26,36H,16-18H2,1-2H3,(H,30,35)(H,31,34)(H,32,33)/t23-,26+/m1/s1. The van der Waals surface area contributed by atoms with Crippen LogP contribution in [0.4, 0.5) is 0 Å². The summed E-state index contributed by atoms with van der Waals surface area (Å²) in [6, 6.07) is 21.7. The third-order valence-electron chi connectivity index (χ3n) is 5.75. The van der Waals surface area contributed by atoms with E-state index >= 15 is 0 Å². The number of pyridine rings is 1. The lowest BCUT2D eigenvalue weighted by Crippen LogP contribution is -2.43. The molecule has 2 atom stereocenters. The van der Waals surface area contributed by atoms with Crippen LogP contribution in [0.25, 0.3) is 11.1 Å². The first-order valence-electron chi connectivity index (χ1n) is 11.9. The van der Waals surface area contributed by atoms with Gasteiger partial charge in [-0.1, -0.05) is 74.5 Å². The van der Waals surface area contributed by atoms with Crippen LogP contribution in [0.2, 0.25) is 0 Å². The minimum Gasteiger partial charge on any atom is -0.348 e. The topological polar surface area (TPSA) is 120 Å². The average molecular weight is 489 g/mol. The van der Waals surface area contributed by atoms with Crippen molar-refractivity contribution in [2.75, 3.05) is 0 Å². The van der Waals surface area contributed by atoms with E-state index in [4.69, 9.17) is 5.21 Å². The van der Waals surface area contributed by atoms with Crippen LogP contribution in [-0.4, -0.2) is 27.9 Å². The van der Waals surface area contributed by atoms with Crippen molar-refractivity contribution in [3.63, 3.8) is 0 Å². The molecule has 0 saturated carbocycles. The van der Waals surface area contributed by atoms with E-state index < -0.39 is 29.7 Å². The van der Waals surface area contributed by atoms with Gasteiger partial charge in [-0.3, -0.25) is 24.6 Å². The zero-order valence-electron chi connectivity index (χ0n) is 20.5. The molecule has 8 nitrogen and oxygen atoms in total. The molecule has 0 spiro atoms. The number of nitrogens with one attached hydrogen (secondary N) is 3. The third kappa shape index (κ3) is 7.74. The summed E-state index contributed by atoms with van der Waals surface area (Å²) < 4.78 is 0. The molecule has 0 saturated heterocycles.